The SMILES string of the molecule is FC(F)(F)C(F)(F)C(F)(F)/C(=C/CCc1ccc2c(c1)OCO2)N1CCOCC1. The minimum absolute atomic E-state index is 0.0403. The predicted octanol–water partition coefficient (Wildman–Crippen LogP) is 4.40. The lowest BCUT2D eigenvalue weighted by molar-refractivity contribution is -0.348. The van der Waals surface area contributed by atoms with Crippen molar-refractivity contribution in [3.8, 4) is 11.5 Å². The summed E-state index contributed by atoms with van der Waals surface area (Å²) in [5, 5.41) is 0. The van der Waals surface area contributed by atoms with Gasteiger partial charge in [0.15, 0.2) is 11.5 Å². The molecule has 2 heterocycles. The van der Waals surface area contributed by atoms with Gasteiger partial charge in [-0.05, 0) is 30.5 Å². The van der Waals surface area contributed by atoms with Gasteiger partial charge < -0.3 is 19.1 Å². The van der Waals surface area contributed by atoms with Gasteiger partial charge in [0.1, 0.15) is 0 Å². The van der Waals surface area contributed by atoms with Crippen LogP contribution in [0, 0.1) is 0 Å². The Balaban J connectivity index is 1.83. The number of nitrogens with zero attached hydrogens (tertiary/aromatic N) is 1. The molecule has 2 aliphatic rings. The maximum atomic E-state index is 14.4. The first-order chi connectivity index (χ1) is 13.5. The third kappa shape index (κ3) is 4.24. The fraction of sp³-hybridized carbons (Fsp3) is 0.556. The van der Waals surface area contributed by atoms with Crippen LogP contribution in [0.5, 0.6) is 11.5 Å². The van der Waals surface area contributed by atoms with Gasteiger partial charge in [0.2, 0.25) is 6.79 Å². The highest BCUT2D eigenvalue weighted by Crippen LogP contribution is 2.50. The van der Waals surface area contributed by atoms with Crippen LogP contribution >= 0.6 is 0 Å². The Hall–Kier alpha value is -2.17. The van der Waals surface area contributed by atoms with Crippen LogP contribution in [-0.4, -0.2) is 56.0 Å². The molecular formula is C18H18F7NO3. The quantitative estimate of drug-likeness (QED) is 0.628. The minimum Gasteiger partial charge on any atom is -0.454 e. The molecule has 0 aliphatic carbocycles. The van der Waals surface area contributed by atoms with E-state index in [1.54, 1.807) is 18.2 Å². The van der Waals surface area contributed by atoms with Gasteiger partial charge >= 0.3 is 18.0 Å². The number of allylic oxidation sites excluding steroid dienone is 2. The molecule has 0 N–H and O–H groups in total. The van der Waals surface area contributed by atoms with Crippen molar-refractivity contribution in [1.82, 2.24) is 4.90 Å². The zero-order valence-electron chi connectivity index (χ0n) is 15.1. The summed E-state index contributed by atoms with van der Waals surface area (Å²) in [5.41, 5.74) is -0.707. The Morgan fingerprint density at radius 1 is 0.966 bits per heavy atom. The van der Waals surface area contributed by atoms with Gasteiger partial charge in [-0.1, -0.05) is 12.1 Å². The largest absolute Gasteiger partial charge is 0.460 e. The number of benzene rings is 1. The number of halogens is 7. The second-order valence-corrected chi connectivity index (χ2v) is 6.56. The Labute approximate surface area is 161 Å². The van der Waals surface area contributed by atoms with Crippen LogP contribution < -0.4 is 9.47 Å². The molecule has 11 heteroatoms. The normalized spacial score (nSPS) is 18.3. The monoisotopic (exact) mass is 429 g/mol. The van der Waals surface area contributed by atoms with E-state index < -0.39 is 23.7 Å². The number of rotatable bonds is 6. The van der Waals surface area contributed by atoms with Crippen molar-refractivity contribution in [2.75, 3.05) is 33.1 Å². The van der Waals surface area contributed by atoms with Crippen molar-refractivity contribution in [1.29, 1.82) is 0 Å². The molecule has 0 spiro atoms. The second kappa shape index (κ2) is 7.92. The lowest BCUT2D eigenvalue weighted by Gasteiger charge is -2.38. The number of fused-ring (bicyclic) bond motifs is 1. The van der Waals surface area contributed by atoms with Gasteiger partial charge in [0.05, 0.1) is 18.9 Å². The summed E-state index contributed by atoms with van der Waals surface area (Å²) in [6.45, 7) is -0.474. The van der Waals surface area contributed by atoms with Crippen molar-refractivity contribution in [2.24, 2.45) is 0 Å². The van der Waals surface area contributed by atoms with Gasteiger partial charge in [0.25, 0.3) is 0 Å². The average molecular weight is 429 g/mol. The van der Waals surface area contributed by atoms with Crippen LogP contribution in [-0.2, 0) is 11.2 Å². The Morgan fingerprint density at radius 2 is 1.62 bits per heavy atom. The van der Waals surface area contributed by atoms with Crippen LogP contribution in [0.3, 0.4) is 0 Å². The molecule has 0 atom stereocenters. The van der Waals surface area contributed by atoms with E-state index in [1.165, 1.54) is 0 Å². The van der Waals surface area contributed by atoms with Crippen LogP contribution in [0.25, 0.3) is 0 Å². The fourth-order valence-electron chi connectivity index (χ4n) is 3.07. The molecule has 0 saturated carbocycles. The summed E-state index contributed by atoms with van der Waals surface area (Å²) in [7, 11) is 0. The smallest absolute Gasteiger partial charge is 0.454 e. The Kier molecular flexibility index (Phi) is 5.88. The van der Waals surface area contributed by atoms with E-state index in [2.05, 4.69) is 0 Å². The Bertz CT molecular complexity index is 758. The van der Waals surface area contributed by atoms with Crippen LogP contribution in [0.2, 0.25) is 0 Å². The van der Waals surface area contributed by atoms with Gasteiger partial charge in [-0.2, -0.15) is 30.7 Å². The Morgan fingerprint density at radius 3 is 2.28 bits per heavy atom. The zero-order chi connectivity index (χ0) is 21.3. The summed E-state index contributed by atoms with van der Waals surface area (Å²) >= 11 is 0. The molecule has 0 unspecified atom stereocenters. The van der Waals surface area contributed by atoms with E-state index in [0.717, 1.165) is 11.0 Å². The summed E-state index contributed by atoms with van der Waals surface area (Å²) in [4.78, 5) is 0.822. The second-order valence-electron chi connectivity index (χ2n) is 6.56. The third-order valence-corrected chi connectivity index (χ3v) is 4.63. The molecular weight excluding hydrogens is 411 g/mol. The number of aryl methyl sites for hydroxylation is 1. The summed E-state index contributed by atoms with van der Waals surface area (Å²) in [6, 6.07) is 4.85. The molecule has 1 fully saturated rings. The first-order valence-corrected chi connectivity index (χ1v) is 8.78. The van der Waals surface area contributed by atoms with E-state index in [1.807, 2.05) is 0 Å². The standard InChI is InChI=1S/C18H18F7NO3/c19-16(20,17(21,22)18(23,24)25)15(26-6-8-27-9-7-26)3-1-2-12-4-5-13-14(10-12)29-11-28-13/h3-5,10H,1-2,6-9,11H2/b15-3-. The van der Waals surface area contributed by atoms with Crippen LogP contribution in [0.15, 0.2) is 30.0 Å². The molecule has 0 bridgehead atoms. The maximum Gasteiger partial charge on any atom is 0.460 e. The minimum atomic E-state index is -6.39. The molecule has 0 aromatic heterocycles. The topological polar surface area (TPSA) is 30.9 Å². The summed E-state index contributed by atoms with van der Waals surface area (Å²) in [5.74, 6) is -10.7. The molecule has 162 valence electrons. The number of hydrogen-bond donors (Lipinski definition) is 0. The molecule has 4 nitrogen and oxygen atoms in total. The van der Waals surface area contributed by atoms with E-state index >= 15 is 0 Å². The first kappa shape index (κ1) is 21.5. The summed E-state index contributed by atoms with van der Waals surface area (Å²) in [6.07, 6.45) is -5.68. The molecule has 1 aromatic rings. The highest BCUT2D eigenvalue weighted by atomic mass is 19.4. The molecule has 0 amide bonds. The third-order valence-electron chi connectivity index (χ3n) is 4.63. The highest BCUT2D eigenvalue weighted by Gasteiger charge is 2.74. The van der Waals surface area contributed by atoms with Crippen molar-refractivity contribution in [3.05, 3.63) is 35.5 Å². The molecule has 2 aliphatic heterocycles. The number of hydrogen-bond acceptors (Lipinski definition) is 4. The molecule has 29 heavy (non-hydrogen) atoms. The predicted molar refractivity (Wildman–Crippen MR) is 87.3 cm³/mol. The molecule has 1 saturated heterocycles. The van der Waals surface area contributed by atoms with Crippen molar-refractivity contribution >= 4 is 0 Å². The van der Waals surface area contributed by atoms with E-state index in [-0.39, 0.29) is 45.9 Å². The van der Waals surface area contributed by atoms with E-state index in [9.17, 15) is 30.7 Å². The molecule has 3 rings (SSSR count). The average Bonchev–Trinajstić information content (AvgIpc) is 3.12. The lowest BCUT2D eigenvalue weighted by atomic mass is 10.0. The molecule has 0 radical (unpaired) electrons. The van der Waals surface area contributed by atoms with Gasteiger partial charge in [-0.15, -0.1) is 0 Å². The van der Waals surface area contributed by atoms with Gasteiger partial charge in [-0.3, -0.25) is 0 Å². The number of alkyl halides is 7. The lowest BCUT2D eigenvalue weighted by Crippen LogP contribution is -2.56. The van der Waals surface area contributed by atoms with Crippen LogP contribution in [0.1, 0.15) is 12.0 Å². The van der Waals surface area contributed by atoms with Crippen LogP contribution in [0.4, 0.5) is 30.7 Å². The van der Waals surface area contributed by atoms with Crippen molar-refractivity contribution in [2.45, 2.75) is 30.9 Å². The number of morpholine rings is 1. The fourth-order valence-corrected chi connectivity index (χ4v) is 3.07. The van der Waals surface area contributed by atoms with Crippen molar-refractivity contribution < 1.29 is 44.9 Å². The van der Waals surface area contributed by atoms with E-state index in [0.29, 0.717) is 17.1 Å². The van der Waals surface area contributed by atoms with E-state index in [4.69, 9.17) is 14.2 Å². The summed E-state index contributed by atoms with van der Waals surface area (Å²) < 4.78 is 109. The molecule has 1 aromatic carbocycles. The van der Waals surface area contributed by atoms with Crippen molar-refractivity contribution in [3.63, 3.8) is 0 Å². The maximum absolute atomic E-state index is 14.4. The first-order valence-electron chi connectivity index (χ1n) is 8.78. The number of ether oxygens (including phenoxy) is 3. The van der Waals surface area contributed by atoms with Gasteiger partial charge in [-0.25, -0.2) is 0 Å². The van der Waals surface area contributed by atoms with Gasteiger partial charge in [0, 0.05) is 13.1 Å². The highest BCUT2D eigenvalue weighted by molar-refractivity contribution is 5.44. The zero-order valence-corrected chi connectivity index (χ0v) is 15.1.